The van der Waals surface area contributed by atoms with Crippen molar-refractivity contribution in [3.63, 3.8) is 0 Å². The molecule has 0 spiro atoms. The number of unbranched alkanes of at least 4 members (excludes halogenated alkanes) is 24. The van der Waals surface area contributed by atoms with Crippen LogP contribution in [-0.2, 0) is 23.9 Å². The van der Waals surface area contributed by atoms with Crippen LogP contribution in [0.15, 0.2) is 0 Å². The fourth-order valence-corrected chi connectivity index (χ4v) is 7.12. The van der Waals surface area contributed by atoms with Crippen molar-refractivity contribution in [2.75, 3.05) is 18.1 Å². The minimum Gasteiger partial charge on any atom is -0.462 e. The van der Waals surface area contributed by atoms with E-state index in [9.17, 15) is 14.4 Å². The Balaban J connectivity index is 4.29. The number of ether oxygens (including phenoxy) is 2. The molecule has 0 aromatic carbocycles. The highest BCUT2D eigenvalue weighted by Crippen LogP contribution is 2.20. The Kier molecular flexibility index (Phi) is 33.3. The summed E-state index contributed by atoms with van der Waals surface area (Å²) in [7, 11) is 0. The third-order valence-electron chi connectivity index (χ3n) is 9.37. The van der Waals surface area contributed by atoms with Gasteiger partial charge in [0.25, 0.3) is 0 Å². The van der Waals surface area contributed by atoms with Gasteiger partial charge in [0.05, 0.1) is 6.04 Å². The summed E-state index contributed by atoms with van der Waals surface area (Å²) >= 11 is 1.48. The van der Waals surface area contributed by atoms with Crippen molar-refractivity contribution in [3.8, 4) is 0 Å². The number of carbonyl (C=O) groups is 3. The molecular formula is C42H81NO5S. The van der Waals surface area contributed by atoms with Crippen LogP contribution in [0.5, 0.6) is 0 Å². The Hall–Kier alpha value is -1.08. The zero-order chi connectivity index (χ0) is 36.4. The maximum absolute atomic E-state index is 12.7. The number of carbonyl (C=O) groups excluding carboxylic acids is 3. The molecule has 6 nitrogen and oxygen atoms in total. The lowest BCUT2D eigenvalue weighted by Gasteiger charge is -2.22. The van der Waals surface area contributed by atoms with E-state index in [0.717, 1.165) is 38.5 Å². The van der Waals surface area contributed by atoms with Gasteiger partial charge in [0, 0.05) is 29.8 Å². The van der Waals surface area contributed by atoms with Crippen LogP contribution in [-0.4, -0.2) is 48.0 Å². The Bertz CT molecular complexity index is 784. The number of hydrogen-bond donors (Lipinski definition) is 1. The van der Waals surface area contributed by atoms with Gasteiger partial charge in [-0.15, -0.1) is 0 Å². The molecule has 49 heavy (non-hydrogen) atoms. The summed E-state index contributed by atoms with van der Waals surface area (Å²) in [6.45, 7) is 10.2. The Labute approximate surface area is 308 Å². The zero-order valence-electron chi connectivity index (χ0n) is 33.1. The van der Waals surface area contributed by atoms with Crippen molar-refractivity contribution in [1.29, 1.82) is 0 Å². The first kappa shape index (κ1) is 47.9. The molecule has 7 heteroatoms. The summed E-state index contributed by atoms with van der Waals surface area (Å²) in [6, 6.07) is -0.578. The largest absolute Gasteiger partial charge is 0.462 e. The predicted molar refractivity (Wildman–Crippen MR) is 211 cm³/mol. The van der Waals surface area contributed by atoms with E-state index >= 15 is 0 Å². The molecule has 2 atom stereocenters. The van der Waals surface area contributed by atoms with E-state index in [1.54, 1.807) is 0 Å². The Morgan fingerprint density at radius 2 is 0.878 bits per heavy atom. The second kappa shape index (κ2) is 34.0. The van der Waals surface area contributed by atoms with Gasteiger partial charge < -0.3 is 15.2 Å². The average Bonchev–Trinajstić information content (AvgIpc) is 3.06. The van der Waals surface area contributed by atoms with Crippen molar-refractivity contribution in [1.82, 2.24) is 0 Å². The quantitative estimate of drug-likeness (QED) is 0.0510. The molecular weight excluding hydrogens is 631 g/mol. The van der Waals surface area contributed by atoms with Crippen LogP contribution in [0.3, 0.4) is 0 Å². The van der Waals surface area contributed by atoms with Crippen molar-refractivity contribution in [2.24, 2.45) is 11.1 Å². The van der Waals surface area contributed by atoms with Crippen molar-refractivity contribution in [2.45, 2.75) is 227 Å². The van der Waals surface area contributed by atoms with Crippen molar-refractivity contribution >= 4 is 29.5 Å². The average molecular weight is 712 g/mol. The molecule has 0 unspecified atom stereocenters. The summed E-state index contributed by atoms with van der Waals surface area (Å²) in [4.78, 5) is 37.7. The molecule has 290 valence electrons. The van der Waals surface area contributed by atoms with Gasteiger partial charge in [-0.05, 0) is 12.8 Å². The molecule has 0 aromatic heterocycles. The standard InChI is InChI=1S/C42H81NO5S/c1-6-8-10-12-14-16-18-20-22-24-26-28-30-32-39(44)47-34-37(35-49-36-38(43)41(46)42(3,4)5)48-40(45)33-31-29-27-25-23-21-19-17-15-13-11-9-7-2/h37-38H,6-36,43H2,1-5H3/t37-,38+/m1/s1. The normalized spacial score (nSPS) is 12.9. The van der Waals surface area contributed by atoms with Gasteiger partial charge in [-0.3, -0.25) is 14.4 Å². The third-order valence-corrected chi connectivity index (χ3v) is 10.6. The maximum Gasteiger partial charge on any atom is 0.306 e. The smallest absolute Gasteiger partial charge is 0.306 e. The van der Waals surface area contributed by atoms with E-state index in [-0.39, 0.29) is 24.3 Å². The molecule has 0 aromatic rings. The second-order valence-electron chi connectivity index (χ2n) is 15.5. The van der Waals surface area contributed by atoms with E-state index in [1.807, 2.05) is 20.8 Å². The van der Waals surface area contributed by atoms with Gasteiger partial charge in [-0.1, -0.05) is 189 Å². The van der Waals surface area contributed by atoms with Crippen LogP contribution >= 0.6 is 11.8 Å². The monoisotopic (exact) mass is 712 g/mol. The van der Waals surface area contributed by atoms with Crippen LogP contribution in [0.1, 0.15) is 214 Å². The number of esters is 2. The molecule has 0 fully saturated rings. The topological polar surface area (TPSA) is 95.7 Å². The Morgan fingerprint density at radius 3 is 1.24 bits per heavy atom. The molecule has 0 aliphatic rings. The van der Waals surface area contributed by atoms with Gasteiger partial charge >= 0.3 is 11.9 Å². The van der Waals surface area contributed by atoms with Crippen molar-refractivity contribution < 1.29 is 23.9 Å². The first-order valence-electron chi connectivity index (χ1n) is 20.8. The summed E-state index contributed by atoms with van der Waals surface area (Å²) in [5, 5.41) is 0. The highest BCUT2D eigenvalue weighted by atomic mass is 32.2. The van der Waals surface area contributed by atoms with E-state index in [1.165, 1.54) is 140 Å². The first-order chi connectivity index (χ1) is 23.6. The summed E-state index contributed by atoms with van der Waals surface area (Å²) in [6.07, 6.45) is 33.0. The third kappa shape index (κ3) is 32.6. The van der Waals surface area contributed by atoms with Crippen LogP contribution < -0.4 is 5.73 Å². The lowest BCUT2D eigenvalue weighted by molar-refractivity contribution is -0.157. The SMILES string of the molecule is CCCCCCCCCCCCCCCC(=O)OC[C@H](CSC[C@H](N)C(=O)C(C)(C)C)OC(=O)CCCCCCCCCCCCCCC. The fraction of sp³-hybridized carbons (Fsp3) is 0.929. The molecule has 0 aliphatic heterocycles. The molecule has 0 saturated heterocycles. The molecule has 0 heterocycles. The van der Waals surface area contributed by atoms with E-state index in [4.69, 9.17) is 15.2 Å². The van der Waals surface area contributed by atoms with Crippen LogP contribution in [0, 0.1) is 5.41 Å². The fourth-order valence-electron chi connectivity index (χ4n) is 6.15. The molecule has 0 amide bonds. The van der Waals surface area contributed by atoms with Crippen LogP contribution in [0.4, 0.5) is 0 Å². The molecule has 0 rings (SSSR count). The van der Waals surface area contributed by atoms with Gasteiger partial charge in [0.2, 0.25) is 0 Å². The van der Waals surface area contributed by atoms with Gasteiger partial charge in [0.1, 0.15) is 12.7 Å². The van der Waals surface area contributed by atoms with Gasteiger partial charge in [-0.2, -0.15) is 11.8 Å². The van der Waals surface area contributed by atoms with Gasteiger partial charge in [0.15, 0.2) is 5.78 Å². The number of rotatable bonds is 36. The second-order valence-corrected chi connectivity index (χ2v) is 16.6. The minimum absolute atomic E-state index is 0.0141. The molecule has 0 saturated carbocycles. The lowest BCUT2D eigenvalue weighted by atomic mass is 9.87. The number of thioether (sulfide) groups is 1. The van der Waals surface area contributed by atoms with Crippen molar-refractivity contribution in [3.05, 3.63) is 0 Å². The molecule has 0 radical (unpaired) electrons. The zero-order valence-corrected chi connectivity index (χ0v) is 33.9. The highest BCUT2D eigenvalue weighted by molar-refractivity contribution is 7.99. The summed E-state index contributed by atoms with van der Waals surface area (Å²) in [5.41, 5.74) is 5.65. The first-order valence-corrected chi connectivity index (χ1v) is 22.0. The van der Waals surface area contributed by atoms with Gasteiger partial charge in [-0.25, -0.2) is 0 Å². The maximum atomic E-state index is 12.7. The number of Topliss-reactive ketones (excluding diaryl/α,β-unsaturated/α-hetero) is 1. The summed E-state index contributed by atoms with van der Waals surface area (Å²) < 4.78 is 11.3. The molecule has 2 N–H and O–H groups in total. The molecule has 0 aliphatic carbocycles. The molecule has 0 bridgehead atoms. The van der Waals surface area contributed by atoms with Crippen LogP contribution in [0.25, 0.3) is 0 Å². The Morgan fingerprint density at radius 1 is 0.531 bits per heavy atom. The predicted octanol–water partition coefficient (Wildman–Crippen LogP) is 12.1. The minimum atomic E-state index is -0.578. The van der Waals surface area contributed by atoms with E-state index < -0.39 is 17.6 Å². The number of ketones is 1. The number of nitrogens with two attached hydrogens (primary N) is 1. The van der Waals surface area contributed by atoms with Crippen LogP contribution in [0.2, 0.25) is 0 Å². The van der Waals surface area contributed by atoms with E-state index in [0.29, 0.717) is 24.3 Å². The highest BCUT2D eigenvalue weighted by Gasteiger charge is 2.27. The summed E-state index contributed by atoms with van der Waals surface area (Å²) in [5.74, 6) is 0.430. The lowest BCUT2D eigenvalue weighted by Crippen LogP contribution is -2.41. The number of hydrogen-bond acceptors (Lipinski definition) is 7. The van der Waals surface area contributed by atoms with E-state index in [2.05, 4.69) is 13.8 Å².